The lowest BCUT2D eigenvalue weighted by molar-refractivity contribution is 0.660. The maximum absolute atomic E-state index is 2.43. The third kappa shape index (κ3) is 5.85. The van der Waals surface area contributed by atoms with Crippen molar-refractivity contribution in [2.45, 2.75) is 19.3 Å². The molecule has 1 heteroatoms. The third-order valence-corrected chi connectivity index (χ3v) is 13.4. The molecule has 0 unspecified atom stereocenters. The molecule has 0 fully saturated rings. The predicted octanol–water partition coefficient (Wildman–Crippen LogP) is 17.1. The second-order valence-corrected chi connectivity index (χ2v) is 17.3. The molecule has 0 N–H and O–H groups in total. The Balaban J connectivity index is 0.893. The zero-order valence-electron chi connectivity index (χ0n) is 34.8. The van der Waals surface area contributed by atoms with Crippen LogP contribution in [-0.4, -0.2) is 0 Å². The highest BCUT2D eigenvalue weighted by molar-refractivity contribution is 6.14. The van der Waals surface area contributed by atoms with Gasteiger partial charge in [0, 0.05) is 22.5 Å². The molecule has 0 saturated heterocycles. The van der Waals surface area contributed by atoms with E-state index >= 15 is 0 Å². The largest absolute Gasteiger partial charge is 0.310 e. The lowest BCUT2D eigenvalue weighted by Gasteiger charge is -2.28. The summed E-state index contributed by atoms with van der Waals surface area (Å²) >= 11 is 0. The van der Waals surface area contributed by atoms with Crippen molar-refractivity contribution in [3.8, 4) is 44.5 Å². The van der Waals surface area contributed by atoms with E-state index in [1.807, 2.05) is 0 Å². The number of nitrogens with zero attached hydrogens (tertiary/aromatic N) is 1. The van der Waals surface area contributed by atoms with Gasteiger partial charge >= 0.3 is 0 Å². The van der Waals surface area contributed by atoms with Crippen molar-refractivity contribution in [2.24, 2.45) is 0 Å². The summed E-state index contributed by atoms with van der Waals surface area (Å²) in [6.07, 6.45) is 0. The Morgan fingerprint density at radius 2 is 0.839 bits per heavy atom. The van der Waals surface area contributed by atoms with Gasteiger partial charge in [-0.2, -0.15) is 0 Å². The summed E-state index contributed by atoms with van der Waals surface area (Å²) in [5, 5.41) is 10.1. The van der Waals surface area contributed by atoms with Gasteiger partial charge in [-0.05, 0) is 153 Å². The highest BCUT2D eigenvalue weighted by Crippen LogP contribution is 2.52. The van der Waals surface area contributed by atoms with E-state index in [-0.39, 0.29) is 5.41 Å². The smallest absolute Gasteiger partial charge is 0.0468 e. The van der Waals surface area contributed by atoms with Crippen LogP contribution in [0.2, 0.25) is 0 Å². The van der Waals surface area contributed by atoms with Crippen LogP contribution < -0.4 is 4.90 Å². The fraction of sp³-hybridized carbons (Fsp3) is 0.0492. The van der Waals surface area contributed by atoms with Crippen LogP contribution in [0.1, 0.15) is 25.0 Å². The van der Waals surface area contributed by atoms with Crippen LogP contribution in [0.3, 0.4) is 0 Å². The molecule has 1 aliphatic rings. The molecular weight excluding hydrogens is 747 g/mol. The van der Waals surface area contributed by atoms with Gasteiger partial charge in [0.1, 0.15) is 0 Å². The lowest BCUT2D eigenvalue weighted by Crippen LogP contribution is -2.16. The van der Waals surface area contributed by atoms with Crippen molar-refractivity contribution in [3.63, 3.8) is 0 Å². The van der Waals surface area contributed by atoms with E-state index in [1.54, 1.807) is 0 Å². The van der Waals surface area contributed by atoms with Crippen LogP contribution in [0, 0.1) is 0 Å². The van der Waals surface area contributed by atoms with Crippen LogP contribution in [0.5, 0.6) is 0 Å². The van der Waals surface area contributed by atoms with E-state index in [1.165, 1.54) is 98.7 Å². The van der Waals surface area contributed by atoms with E-state index in [0.29, 0.717) is 0 Å². The van der Waals surface area contributed by atoms with Crippen molar-refractivity contribution in [3.05, 3.63) is 236 Å². The molecule has 1 nitrogen and oxygen atoms in total. The topological polar surface area (TPSA) is 3.24 Å². The molecule has 0 atom stereocenters. The van der Waals surface area contributed by atoms with Gasteiger partial charge in [-0.25, -0.2) is 0 Å². The standard InChI is InChI=1S/C61H43N/c1-61(2)59-38-45(40-23-25-42(26-24-40)52-22-12-15-41-13-6-8-18-51(41)52)30-33-56(59)57-34-32-50(39-60(57)61)62(48-16-4-3-5-17-48)49-31-29-43-35-47(28-27-44(43)36-49)58-37-46-14-7-9-19-53(46)54-20-10-11-21-55(54)58/h3-39H,1-2H3. The molecule has 11 aromatic rings. The Morgan fingerprint density at radius 1 is 0.274 bits per heavy atom. The van der Waals surface area contributed by atoms with E-state index in [4.69, 9.17) is 0 Å². The van der Waals surface area contributed by atoms with Gasteiger partial charge in [0.25, 0.3) is 0 Å². The molecule has 0 heterocycles. The number of benzene rings is 11. The Labute approximate surface area is 362 Å². The minimum absolute atomic E-state index is 0.186. The monoisotopic (exact) mass is 789 g/mol. The summed E-state index contributed by atoms with van der Waals surface area (Å²) in [4.78, 5) is 2.41. The van der Waals surface area contributed by atoms with Gasteiger partial charge in [0.15, 0.2) is 0 Å². The second-order valence-electron chi connectivity index (χ2n) is 17.3. The molecule has 0 bridgehead atoms. The number of anilines is 3. The molecule has 0 aliphatic heterocycles. The quantitative estimate of drug-likeness (QED) is 0.152. The molecule has 0 spiro atoms. The number of rotatable bonds is 6. The van der Waals surface area contributed by atoms with Crippen LogP contribution in [0.15, 0.2) is 224 Å². The average Bonchev–Trinajstić information content (AvgIpc) is 3.56. The van der Waals surface area contributed by atoms with E-state index in [9.17, 15) is 0 Å². The van der Waals surface area contributed by atoms with Gasteiger partial charge < -0.3 is 4.90 Å². The van der Waals surface area contributed by atoms with Crippen LogP contribution >= 0.6 is 0 Å². The lowest BCUT2D eigenvalue weighted by atomic mass is 9.81. The molecule has 1 aliphatic carbocycles. The Kier molecular flexibility index (Phi) is 8.27. The first-order valence-electron chi connectivity index (χ1n) is 21.7. The minimum Gasteiger partial charge on any atom is -0.310 e. The Bertz CT molecular complexity index is 3540. The second kappa shape index (κ2) is 14.2. The van der Waals surface area contributed by atoms with E-state index < -0.39 is 0 Å². The molecule has 0 radical (unpaired) electrons. The highest BCUT2D eigenvalue weighted by atomic mass is 15.1. The number of hydrogen-bond donors (Lipinski definition) is 0. The summed E-state index contributed by atoms with van der Waals surface area (Å²) < 4.78 is 0. The SMILES string of the molecule is CC1(C)c2cc(-c3ccc(-c4cccc5ccccc45)cc3)ccc2-c2ccc(N(c3ccccc3)c3ccc4cc(-c5cc6ccccc6c6ccccc56)ccc4c3)cc21. The van der Waals surface area contributed by atoms with Crippen LogP contribution in [-0.2, 0) is 5.41 Å². The highest BCUT2D eigenvalue weighted by Gasteiger charge is 2.36. The zero-order valence-corrected chi connectivity index (χ0v) is 34.8. The number of hydrogen-bond acceptors (Lipinski definition) is 1. The van der Waals surface area contributed by atoms with Crippen LogP contribution in [0.4, 0.5) is 17.1 Å². The fourth-order valence-corrected chi connectivity index (χ4v) is 10.2. The first-order chi connectivity index (χ1) is 30.5. The maximum atomic E-state index is 2.43. The minimum atomic E-state index is -0.186. The molecule has 0 amide bonds. The average molecular weight is 790 g/mol. The van der Waals surface area contributed by atoms with E-state index in [2.05, 4.69) is 243 Å². The van der Waals surface area contributed by atoms with Crippen molar-refractivity contribution in [1.82, 2.24) is 0 Å². The first-order valence-corrected chi connectivity index (χ1v) is 21.7. The molecule has 0 saturated carbocycles. The summed E-state index contributed by atoms with van der Waals surface area (Å²) in [6, 6.07) is 82.9. The first kappa shape index (κ1) is 36.1. The summed E-state index contributed by atoms with van der Waals surface area (Å²) in [5.74, 6) is 0. The normalized spacial score (nSPS) is 12.8. The summed E-state index contributed by atoms with van der Waals surface area (Å²) in [6.45, 7) is 4.77. The number of para-hydroxylation sites is 1. The van der Waals surface area contributed by atoms with Gasteiger partial charge in [-0.15, -0.1) is 0 Å². The molecule has 62 heavy (non-hydrogen) atoms. The molecule has 12 rings (SSSR count). The van der Waals surface area contributed by atoms with Crippen molar-refractivity contribution >= 4 is 60.2 Å². The van der Waals surface area contributed by atoms with Gasteiger partial charge in [0.05, 0.1) is 0 Å². The molecule has 292 valence electrons. The molecule has 11 aromatic carbocycles. The van der Waals surface area contributed by atoms with Crippen molar-refractivity contribution in [2.75, 3.05) is 4.90 Å². The predicted molar refractivity (Wildman–Crippen MR) is 265 cm³/mol. The fourth-order valence-electron chi connectivity index (χ4n) is 10.2. The number of fused-ring (bicyclic) bond motifs is 8. The maximum Gasteiger partial charge on any atom is 0.0468 e. The third-order valence-electron chi connectivity index (χ3n) is 13.4. The molecular formula is C61H43N. The van der Waals surface area contributed by atoms with Gasteiger partial charge in [0.2, 0.25) is 0 Å². The van der Waals surface area contributed by atoms with E-state index in [0.717, 1.165) is 17.1 Å². The van der Waals surface area contributed by atoms with Crippen LogP contribution in [0.25, 0.3) is 87.6 Å². The zero-order chi connectivity index (χ0) is 41.4. The Hall–Kier alpha value is -7.74. The molecule has 0 aromatic heterocycles. The summed E-state index contributed by atoms with van der Waals surface area (Å²) in [5.41, 5.74) is 16.1. The van der Waals surface area contributed by atoms with Gasteiger partial charge in [-0.1, -0.05) is 184 Å². The van der Waals surface area contributed by atoms with Crippen molar-refractivity contribution in [1.29, 1.82) is 0 Å². The Morgan fingerprint density at radius 3 is 1.66 bits per heavy atom. The van der Waals surface area contributed by atoms with Crippen molar-refractivity contribution < 1.29 is 0 Å². The van der Waals surface area contributed by atoms with Gasteiger partial charge in [-0.3, -0.25) is 0 Å². The summed E-state index contributed by atoms with van der Waals surface area (Å²) in [7, 11) is 0.